The highest BCUT2D eigenvalue weighted by atomic mass is 32.1. The largest absolute Gasteiger partial charge is 0.344 e. The van der Waals surface area contributed by atoms with Gasteiger partial charge in [0.25, 0.3) is 0 Å². The van der Waals surface area contributed by atoms with Crippen molar-refractivity contribution < 1.29 is 0 Å². The van der Waals surface area contributed by atoms with E-state index in [0.29, 0.717) is 0 Å². The number of thiophene rings is 1. The Hall–Kier alpha value is -7.20. The third-order valence-electron chi connectivity index (χ3n) is 11.6. The maximum absolute atomic E-state index is 2.45. The van der Waals surface area contributed by atoms with Crippen molar-refractivity contribution in [3.63, 3.8) is 0 Å². The highest BCUT2D eigenvalue weighted by Crippen LogP contribution is 2.51. The molecular formula is C55H38N2S. The monoisotopic (exact) mass is 758 g/mol. The van der Waals surface area contributed by atoms with Gasteiger partial charge in [-0.2, -0.15) is 0 Å². The van der Waals surface area contributed by atoms with Gasteiger partial charge in [0.2, 0.25) is 0 Å². The summed E-state index contributed by atoms with van der Waals surface area (Å²) in [6.45, 7) is 0. The standard InChI is InChI=1S/C55H38N2S/c1-56(43-25-15-23-40(33-43)37-17-5-2-6-18-37)54-47(39-21-9-4-10-22-39)36-48(55-53(54)46-28-12-14-30-52(46)58-55)42-31-32-51-49(35-42)45-27-11-13-29-50(45)57(51)44-26-16-24-41(34-44)38-19-7-3-8-20-38/h2-36H,1H3. The molecule has 0 radical (unpaired) electrons. The summed E-state index contributed by atoms with van der Waals surface area (Å²) in [5.41, 5.74) is 15.6. The molecule has 0 atom stereocenters. The van der Waals surface area contributed by atoms with Gasteiger partial charge >= 0.3 is 0 Å². The molecule has 58 heavy (non-hydrogen) atoms. The first-order valence-electron chi connectivity index (χ1n) is 19.8. The minimum absolute atomic E-state index is 1.15. The normalized spacial score (nSPS) is 11.5. The fourth-order valence-corrected chi connectivity index (χ4v) is 10.1. The first-order chi connectivity index (χ1) is 28.7. The lowest BCUT2D eigenvalue weighted by Crippen LogP contribution is -2.11. The van der Waals surface area contributed by atoms with E-state index < -0.39 is 0 Å². The molecule has 0 saturated carbocycles. The zero-order valence-electron chi connectivity index (χ0n) is 32.0. The van der Waals surface area contributed by atoms with Gasteiger partial charge in [0.05, 0.1) is 16.7 Å². The van der Waals surface area contributed by atoms with Crippen LogP contribution in [0, 0.1) is 0 Å². The van der Waals surface area contributed by atoms with E-state index in [2.05, 4.69) is 229 Å². The molecule has 2 aromatic heterocycles. The van der Waals surface area contributed by atoms with Crippen LogP contribution in [0.25, 0.3) is 92.2 Å². The maximum atomic E-state index is 2.45. The van der Waals surface area contributed by atoms with Gasteiger partial charge in [-0.3, -0.25) is 0 Å². The van der Waals surface area contributed by atoms with Crippen molar-refractivity contribution in [3.05, 3.63) is 212 Å². The Balaban J connectivity index is 1.15. The van der Waals surface area contributed by atoms with Crippen molar-refractivity contribution in [2.75, 3.05) is 11.9 Å². The summed E-state index contributed by atoms with van der Waals surface area (Å²) >= 11 is 1.89. The SMILES string of the molecule is CN(c1cccc(-c2ccccc2)c1)c1c(-c2ccccc2)cc(-c2ccc3c(c2)c2ccccc2n3-c2cccc(-c3ccccc3)c2)c2sc3ccccc3c12. The van der Waals surface area contributed by atoms with Crippen LogP contribution in [0.1, 0.15) is 0 Å². The second-order valence-electron chi connectivity index (χ2n) is 15.0. The Morgan fingerprint density at radius 3 is 1.72 bits per heavy atom. The molecule has 3 heteroatoms. The van der Waals surface area contributed by atoms with E-state index in [-0.39, 0.29) is 0 Å². The van der Waals surface area contributed by atoms with E-state index in [9.17, 15) is 0 Å². The molecule has 0 amide bonds. The van der Waals surface area contributed by atoms with Gasteiger partial charge in [0, 0.05) is 60.5 Å². The lowest BCUT2D eigenvalue weighted by molar-refractivity contribution is 1.18. The highest BCUT2D eigenvalue weighted by molar-refractivity contribution is 7.26. The van der Waals surface area contributed by atoms with Crippen molar-refractivity contribution in [1.29, 1.82) is 0 Å². The third-order valence-corrected chi connectivity index (χ3v) is 12.8. The van der Waals surface area contributed by atoms with E-state index in [0.717, 1.165) is 11.4 Å². The van der Waals surface area contributed by atoms with E-state index >= 15 is 0 Å². The van der Waals surface area contributed by atoms with Gasteiger partial charge in [-0.15, -0.1) is 11.3 Å². The summed E-state index contributed by atoms with van der Waals surface area (Å²) in [7, 11) is 2.23. The Morgan fingerprint density at radius 1 is 0.397 bits per heavy atom. The smallest absolute Gasteiger partial charge is 0.0582 e. The van der Waals surface area contributed by atoms with Crippen LogP contribution < -0.4 is 4.90 Å². The number of hydrogen-bond acceptors (Lipinski definition) is 2. The number of fused-ring (bicyclic) bond motifs is 6. The van der Waals surface area contributed by atoms with Crippen LogP contribution in [0.15, 0.2) is 212 Å². The molecule has 11 aromatic rings. The summed E-state index contributed by atoms with van der Waals surface area (Å²) in [4.78, 5) is 2.40. The molecule has 2 heterocycles. The second-order valence-corrected chi connectivity index (χ2v) is 16.0. The van der Waals surface area contributed by atoms with Crippen molar-refractivity contribution in [1.82, 2.24) is 4.57 Å². The topological polar surface area (TPSA) is 8.17 Å². The molecule has 0 aliphatic carbocycles. The van der Waals surface area contributed by atoms with Crippen LogP contribution in [0.5, 0.6) is 0 Å². The van der Waals surface area contributed by atoms with E-state index in [4.69, 9.17) is 0 Å². The Bertz CT molecular complexity index is 3290. The van der Waals surface area contributed by atoms with Crippen molar-refractivity contribution in [2.45, 2.75) is 0 Å². The molecule has 0 unspecified atom stereocenters. The molecule has 0 N–H and O–H groups in total. The van der Waals surface area contributed by atoms with Gasteiger partial charge in [-0.25, -0.2) is 0 Å². The molecule has 0 aliphatic rings. The number of hydrogen-bond donors (Lipinski definition) is 0. The van der Waals surface area contributed by atoms with Gasteiger partial charge in [0.15, 0.2) is 0 Å². The molecule has 0 saturated heterocycles. The van der Waals surface area contributed by atoms with E-state index in [1.54, 1.807) is 0 Å². The summed E-state index contributed by atoms with van der Waals surface area (Å²) in [5, 5.41) is 5.05. The average Bonchev–Trinajstić information content (AvgIpc) is 3.85. The summed E-state index contributed by atoms with van der Waals surface area (Å²) in [6.07, 6.45) is 0. The van der Waals surface area contributed by atoms with Gasteiger partial charge in [-0.1, -0.05) is 158 Å². The zero-order chi connectivity index (χ0) is 38.6. The molecule has 11 rings (SSSR count). The van der Waals surface area contributed by atoms with Crippen LogP contribution in [0.3, 0.4) is 0 Å². The van der Waals surface area contributed by atoms with Crippen LogP contribution in [0.2, 0.25) is 0 Å². The number of anilines is 2. The molecule has 274 valence electrons. The Morgan fingerprint density at radius 2 is 0.983 bits per heavy atom. The number of para-hydroxylation sites is 1. The molecule has 9 aromatic carbocycles. The van der Waals surface area contributed by atoms with Gasteiger partial charge < -0.3 is 9.47 Å². The summed E-state index contributed by atoms with van der Waals surface area (Å²) < 4.78 is 5.00. The third kappa shape index (κ3) is 5.71. The molecule has 0 aliphatic heterocycles. The van der Waals surface area contributed by atoms with Gasteiger partial charge in [0.1, 0.15) is 0 Å². The summed E-state index contributed by atoms with van der Waals surface area (Å²) in [5.74, 6) is 0. The second kappa shape index (κ2) is 14.1. The van der Waals surface area contributed by atoms with E-state index in [1.165, 1.54) is 92.2 Å². The predicted octanol–water partition coefficient (Wildman–Crippen LogP) is 15.6. The zero-order valence-corrected chi connectivity index (χ0v) is 32.8. The first kappa shape index (κ1) is 34.1. The number of rotatable bonds is 7. The van der Waals surface area contributed by atoms with Crippen LogP contribution in [-0.2, 0) is 0 Å². The Kier molecular flexibility index (Phi) is 8.27. The fraction of sp³-hybridized carbons (Fsp3) is 0.0182. The molecule has 0 fully saturated rings. The van der Waals surface area contributed by atoms with Crippen LogP contribution in [-0.4, -0.2) is 11.6 Å². The molecule has 0 bridgehead atoms. The fourth-order valence-electron chi connectivity index (χ4n) is 8.81. The molecular weight excluding hydrogens is 721 g/mol. The Labute approximate surface area is 342 Å². The van der Waals surface area contributed by atoms with Gasteiger partial charge in [-0.05, 0) is 88.0 Å². The van der Waals surface area contributed by atoms with Crippen molar-refractivity contribution in [2.24, 2.45) is 0 Å². The maximum Gasteiger partial charge on any atom is 0.0582 e. The van der Waals surface area contributed by atoms with Crippen LogP contribution >= 0.6 is 11.3 Å². The minimum atomic E-state index is 1.15. The lowest BCUT2D eigenvalue weighted by Gasteiger charge is -2.26. The van der Waals surface area contributed by atoms with Crippen molar-refractivity contribution in [3.8, 4) is 50.2 Å². The summed E-state index contributed by atoms with van der Waals surface area (Å²) in [6, 6.07) is 77.3. The highest BCUT2D eigenvalue weighted by Gasteiger charge is 2.24. The lowest BCUT2D eigenvalue weighted by atomic mass is 9.92. The predicted molar refractivity (Wildman–Crippen MR) is 250 cm³/mol. The quantitative estimate of drug-likeness (QED) is 0.157. The number of benzene rings is 9. The minimum Gasteiger partial charge on any atom is -0.344 e. The van der Waals surface area contributed by atoms with E-state index in [1.807, 2.05) is 11.3 Å². The van der Waals surface area contributed by atoms with Crippen LogP contribution in [0.4, 0.5) is 11.4 Å². The first-order valence-corrected chi connectivity index (χ1v) is 20.6. The number of aromatic nitrogens is 1. The molecule has 2 nitrogen and oxygen atoms in total. The average molecular weight is 759 g/mol. The molecule has 0 spiro atoms. The number of nitrogens with zero attached hydrogens (tertiary/aromatic N) is 2. The van der Waals surface area contributed by atoms with Crippen molar-refractivity contribution >= 4 is 64.7 Å².